The van der Waals surface area contributed by atoms with E-state index in [-0.39, 0.29) is 11.9 Å². The molecule has 0 radical (unpaired) electrons. The molecule has 0 saturated carbocycles. The number of aromatic nitrogens is 1. The number of benzene rings is 1. The Morgan fingerprint density at radius 2 is 2.09 bits per heavy atom. The summed E-state index contributed by atoms with van der Waals surface area (Å²) in [6, 6.07) is 3.75. The van der Waals surface area contributed by atoms with Gasteiger partial charge in [-0.05, 0) is 31.0 Å². The van der Waals surface area contributed by atoms with Gasteiger partial charge in [-0.25, -0.2) is 4.79 Å². The molecule has 122 valence electrons. The smallest absolute Gasteiger partial charge is 0.355 e. The maximum Gasteiger partial charge on any atom is 0.355 e. The molecule has 2 aromatic rings. The molecule has 0 spiro atoms. The van der Waals surface area contributed by atoms with Crippen molar-refractivity contribution >= 4 is 22.8 Å². The summed E-state index contributed by atoms with van der Waals surface area (Å²) in [7, 11) is 1.61. The Hall–Kier alpha value is -2.50. The van der Waals surface area contributed by atoms with Crippen LogP contribution in [-0.4, -0.2) is 42.0 Å². The van der Waals surface area contributed by atoms with Gasteiger partial charge in [-0.3, -0.25) is 4.79 Å². The number of nitrogens with zero attached hydrogens (tertiary/aromatic N) is 1. The zero-order valence-corrected chi connectivity index (χ0v) is 13.6. The van der Waals surface area contributed by atoms with Crippen LogP contribution in [0.2, 0.25) is 0 Å². The van der Waals surface area contributed by atoms with Crippen molar-refractivity contribution in [2.75, 3.05) is 20.3 Å². The molecule has 1 aromatic carbocycles. The van der Waals surface area contributed by atoms with E-state index in [9.17, 15) is 9.59 Å². The van der Waals surface area contributed by atoms with Gasteiger partial charge in [0.2, 0.25) is 5.91 Å². The fourth-order valence-electron chi connectivity index (χ4n) is 3.17. The molecule has 6 nitrogen and oxygen atoms in total. The number of hydrogen-bond donors (Lipinski definition) is 1. The average molecular weight is 316 g/mol. The Balaban J connectivity index is 2.21. The maximum atomic E-state index is 12.2. The lowest BCUT2D eigenvalue weighted by molar-refractivity contribution is -0.129. The zero-order valence-electron chi connectivity index (χ0n) is 13.6. The van der Waals surface area contributed by atoms with E-state index in [1.165, 1.54) is 0 Å². The normalized spacial score (nSPS) is 13.8. The van der Waals surface area contributed by atoms with Crippen LogP contribution in [-0.2, 0) is 22.5 Å². The summed E-state index contributed by atoms with van der Waals surface area (Å²) in [5.41, 5.74) is 3.17. The highest BCUT2D eigenvalue weighted by Gasteiger charge is 2.27. The minimum Gasteiger partial charge on any atom is -0.496 e. The molecule has 1 N–H and O–H groups in total. The van der Waals surface area contributed by atoms with Gasteiger partial charge in [0.15, 0.2) is 0 Å². The van der Waals surface area contributed by atoms with Crippen LogP contribution in [0.25, 0.3) is 10.9 Å². The van der Waals surface area contributed by atoms with Crippen LogP contribution >= 0.6 is 0 Å². The van der Waals surface area contributed by atoms with Crippen molar-refractivity contribution in [3.8, 4) is 5.75 Å². The molecule has 0 unspecified atom stereocenters. The number of aromatic amines is 1. The third-order valence-electron chi connectivity index (χ3n) is 4.26. The van der Waals surface area contributed by atoms with E-state index in [0.717, 1.165) is 27.8 Å². The second-order valence-corrected chi connectivity index (χ2v) is 5.56. The molecule has 1 amide bonds. The number of nitrogens with one attached hydrogen (secondary N) is 1. The summed E-state index contributed by atoms with van der Waals surface area (Å²) < 4.78 is 10.6. The molecule has 0 atom stereocenters. The van der Waals surface area contributed by atoms with Gasteiger partial charge in [0, 0.05) is 36.5 Å². The molecule has 3 rings (SSSR count). The predicted octanol–water partition coefficient (Wildman–Crippen LogP) is 2.26. The van der Waals surface area contributed by atoms with Gasteiger partial charge >= 0.3 is 5.97 Å². The van der Waals surface area contributed by atoms with Crippen molar-refractivity contribution in [2.45, 2.75) is 26.8 Å². The third kappa shape index (κ3) is 2.54. The molecule has 1 aliphatic heterocycles. The fraction of sp³-hybridized carbons (Fsp3) is 0.412. The molecule has 23 heavy (non-hydrogen) atoms. The summed E-state index contributed by atoms with van der Waals surface area (Å²) in [5, 5.41) is 0.969. The average Bonchev–Trinajstić information content (AvgIpc) is 2.77. The number of amides is 1. The molecule has 1 aromatic heterocycles. The van der Waals surface area contributed by atoms with Gasteiger partial charge in [0.1, 0.15) is 11.4 Å². The molecule has 6 heteroatoms. The summed E-state index contributed by atoms with van der Waals surface area (Å²) in [4.78, 5) is 29.0. The highest BCUT2D eigenvalue weighted by Crippen LogP contribution is 2.36. The van der Waals surface area contributed by atoms with Crippen LogP contribution in [0, 0.1) is 0 Å². The fourth-order valence-corrected chi connectivity index (χ4v) is 3.17. The van der Waals surface area contributed by atoms with Gasteiger partial charge in [0.05, 0.1) is 13.7 Å². The largest absolute Gasteiger partial charge is 0.496 e. The van der Waals surface area contributed by atoms with E-state index in [1.807, 2.05) is 12.1 Å². The molecule has 0 bridgehead atoms. The van der Waals surface area contributed by atoms with Crippen molar-refractivity contribution in [1.82, 2.24) is 9.88 Å². The predicted molar refractivity (Wildman–Crippen MR) is 85.6 cm³/mol. The van der Waals surface area contributed by atoms with Crippen molar-refractivity contribution in [3.05, 3.63) is 29.0 Å². The van der Waals surface area contributed by atoms with Crippen molar-refractivity contribution in [1.29, 1.82) is 0 Å². The van der Waals surface area contributed by atoms with E-state index in [1.54, 1.807) is 25.9 Å². The molecule has 0 fully saturated rings. The quantitative estimate of drug-likeness (QED) is 0.882. The Labute approximate surface area is 134 Å². The number of esters is 1. The number of rotatable bonds is 3. The second-order valence-electron chi connectivity index (χ2n) is 5.56. The van der Waals surface area contributed by atoms with E-state index in [4.69, 9.17) is 9.47 Å². The first-order valence-corrected chi connectivity index (χ1v) is 7.69. The van der Waals surface area contributed by atoms with Crippen LogP contribution < -0.4 is 4.74 Å². The molecular weight excluding hydrogens is 296 g/mol. The summed E-state index contributed by atoms with van der Waals surface area (Å²) in [6.07, 6.45) is 0.605. The van der Waals surface area contributed by atoms with Crippen molar-refractivity contribution in [2.24, 2.45) is 0 Å². The lowest BCUT2D eigenvalue weighted by Gasteiger charge is -2.20. The maximum absolute atomic E-state index is 12.2. The van der Waals surface area contributed by atoms with E-state index in [0.29, 0.717) is 31.8 Å². The Morgan fingerprint density at radius 3 is 2.74 bits per heavy atom. The number of carbonyl (C=O) groups excluding carboxylic acids is 2. The first kappa shape index (κ1) is 15.4. The Kier molecular flexibility index (Phi) is 3.98. The van der Waals surface area contributed by atoms with E-state index in [2.05, 4.69) is 4.98 Å². The molecule has 0 aliphatic carbocycles. The summed E-state index contributed by atoms with van der Waals surface area (Å²) >= 11 is 0. The van der Waals surface area contributed by atoms with Gasteiger partial charge in [-0.1, -0.05) is 0 Å². The molecule has 0 saturated heterocycles. The van der Waals surface area contributed by atoms with Gasteiger partial charge in [0.25, 0.3) is 0 Å². The number of H-pyrrole nitrogens is 1. The highest BCUT2D eigenvalue weighted by molar-refractivity contribution is 6.00. The topological polar surface area (TPSA) is 71.6 Å². The van der Waals surface area contributed by atoms with Crippen LogP contribution in [0.4, 0.5) is 0 Å². The van der Waals surface area contributed by atoms with Crippen LogP contribution in [0.1, 0.15) is 35.5 Å². The monoisotopic (exact) mass is 316 g/mol. The Morgan fingerprint density at radius 1 is 1.30 bits per heavy atom. The highest BCUT2D eigenvalue weighted by atomic mass is 16.5. The standard InChI is InChI=1S/C17H20N2O4/c1-4-23-17(21)16-11-7-8-19(10(2)20)9-12-14(22-3)6-5-13(18-16)15(11)12/h5-6,18H,4,7-9H2,1-3H3. The van der Waals surface area contributed by atoms with Crippen molar-refractivity contribution in [3.63, 3.8) is 0 Å². The van der Waals surface area contributed by atoms with Gasteiger partial charge in [-0.2, -0.15) is 0 Å². The van der Waals surface area contributed by atoms with Crippen LogP contribution in [0.5, 0.6) is 5.75 Å². The first-order chi connectivity index (χ1) is 11.1. The van der Waals surface area contributed by atoms with E-state index < -0.39 is 0 Å². The first-order valence-electron chi connectivity index (χ1n) is 7.69. The van der Waals surface area contributed by atoms with Crippen LogP contribution in [0.15, 0.2) is 12.1 Å². The minimum absolute atomic E-state index is 0.0101. The third-order valence-corrected chi connectivity index (χ3v) is 4.26. The van der Waals surface area contributed by atoms with Crippen molar-refractivity contribution < 1.29 is 19.1 Å². The molecule has 2 heterocycles. The minimum atomic E-state index is -0.361. The number of hydrogen-bond acceptors (Lipinski definition) is 4. The Bertz CT molecular complexity index is 778. The lowest BCUT2D eigenvalue weighted by Crippen LogP contribution is -2.29. The van der Waals surface area contributed by atoms with Crippen LogP contribution in [0.3, 0.4) is 0 Å². The second kappa shape index (κ2) is 5.95. The number of methoxy groups -OCH3 is 1. The zero-order chi connectivity index (χ0) is 16.6. The van der Waals surface area contributed by atoms with Gasteiger partial charge < -0.3 is 19.4 Å². The summed E-state index contributed by atoms with van der Waals surface area (Å²) in [5.74, 6) is 0.372. The molecular formula is C17H20N2O4. The summed E-state index contributed by atoms with van der Waals surface area (Å²) in [6.45, 7) is 4.70. The lowest BCUT2D eigenvalue weighted by atomic mass is 10.0. The SMILES string of the molecule is CCOC(=O)c1[nH]c2ccc(OC)c3c2c1CCN(C(C)=O)C3. The number of ether oxygens (including phenoxy) is 2. The number of carbonyl (C=O) groups is 2. The van der Waals surface area contributed by atoms with Gasteiger partial charge in [-0.15, -0.1) is 0 Å². The molecule has 1 aliphatic rings. The van der Waals surface area contributed by atoms with E-state index >= 15 is 0 Å².